The van der Waals surface area contributed by atoms with Crippen LogP contribution in [0.3, 0.4) is 0 Å². The highest BCUT2D eigenvalue weighted by molar-refractivity contribution is 5.07. The molecule has 2 aromatic heterocycles. The Morgan fingerprint density at radius 2 is 1.75 bits per heavy atom. The van der Waals surface area contributed by atoms with Gasteiger partial charge in [0.25, 0.3) is 0 Å². The molecule has 0 spiro atoms. The van der Waals surface area contributed by atoms with Crippen molar-refractivity contribution >= 4 is 0 Å². The minimum absolute atomic E-state index is 0.419. The predicted octanol–water partition coefficient (Wildman–Crippen LogP) is 1.80. The molecule has 0 atom stereocenters. The largest absolute Gasteiger partial charge is 0.379 e. The third-order valence-corrected chi connectivity index (χ3v) is 6.01. The molecule has 8 heteroatoms. The maximum Gasteiger partial charge on any atom is 0.146 e. The first kappa shape index (κ1) is 19.5. The second kappa shape index (κ2) is 8.71. The van der Waals surface area contributed by atoms with Gasteiger partial charge in [-0.2, -0.15) is 5.10 Å². The fourth-order valence-corrected chi connectivity index (χ4v) is 4.18. The first-order valence-corrected chi connectivity index (χ1v) is 10.5. The molecule has 4 rings (SSSR count). The van der Waals surface area contributed by atoms with Crippen molar-refractivity contribution in [3.63, 3.8) is 0 Å². The molecule has 2 fully saturated rings. The quantitative estimate of drug-likeness (QED) is 0.753. The zero-order valence-electron chi connectivity index (χ0n) is 17.4. The van der Waals surface area contributed by atoms with E-state index in [0.717, 1.165) is 77.0 Å². The molecular formula is C20H33N7O. The number of nitrogens with zero attached hydrogens (tertiary/aromatic N) is 7. The number of rotatable bonds is 6. The smallest absolute Gasteiger partial charge is 0.146 e. The monoisotopic (exact) mass is 387 g/mol. The molecule has 2 aromatic rings. The summed E-state index contributed by atoms with van der Waals surface area (Å²) in [6.07, 6.45) is 6.47. The number of hydrogen-bond acceptors (Lipinski definition) is 6. The van der Waals surface area contributed by atoms with Gasteiger partial charge in [0.05, 0.1) is 26.0 Å². The molecule has 154 valence electrons. The molecule has 0 N–H and O–H groups in total. The lowest BCUT2D eigenvalue weighted by molar-refractivity contribution is 0.0326. The molecule has 2 aliphatic heterocycles. The van der Waals surface area contributed by atoms with E-state index >= 15 is 0 Å². The highest BCUT2D eigenvalue weighted by atomic mass is 16.5. The van der Waals surface area contributed by atoms with Crippen molar-refractivity contribution in [1.82, 2.24) is 34.3 Å². The van der Waals surface area contributed by atoms with E-state index in [9.17, 15) is 0 Å². The summed E-state index contributed by atoms with van der Waals surface area (Å²) in [7, 11) is 2.12. The SMILES string of the molecule is CC(C)n1cc(CN2CCC(c3nnc(CN4CCOCC4)n3C)CC2)cn1. The highest BCUT2D eigenvalue weighted by Gasteiger charge is 2.26. The van der Waals surface area contributed by atoms with Crippen molar-refractivity contribution in [2.24, 2.45) is 7.05 Å². The lowest BCUT2D eigenvalue weighted by Gasteiger charge is -2.31. The van der Waals surface area contributed by atoms with E-state index < -0.39 is 0 Å². The van der Waals surface area contributed by atoms with Crippen molar-refractivity contribution < 1.29 is 4.74 Å². The fraction of sp³-hybridized carbons (Fsp3) is 0.750. The van der Waals surface area contributed by atoms with Gasteiger partial charge < -0.3 is 9.30 Å². The Hall–Kier alpha value is -1.77. The number of aromatic nitrogens is 5. The van der Waals surface area contributed by atoms with Crippen LogP contribution in [0.5, 0.6) is 0 Å². The number of likely N-dealkylation sites (tertiary alicyclic amines) is 1. The topological polar surface area (TPSA) is 64.2 Å². The van der Waals surface area contributed by atoms with Gasteiger partial charge in [-0.3, -0.25) is 14.5 Å². The Morgan fingerprint density at radius 3 is 2.43 bits per heavy atom. The van der Waals surface area contributed by atoms with Crippen LogP contribution in [0.25, 0.3) is 0 Å². The second-order valence-corrected chi connectivity index (χ2v) is 8.39. The summed E-state index contributed by atoms with van der Waals surface area (Å²) in [5.41, 5.74) is 1.30. The summed E-state index contributed by atoms with van der Waals surface area (Å²) < 4.78 is 9.70. The van der Waals surface area contributed by atoms with Crippen LogP contribution in [0, 0.1) is 0 Å². The van der Waals surface area contributed by atoms with Crippen molar-refractivity contribution in [1.29, 1.82) is 0 Å². The molecule has 0 aliphatic carbocycles. The lowest BCUT2D eigenvalue weighted by atomic mass is 9.95. The molecule has 0 radical (unpaired) electrons. The molecule has 2 saturated heterocycles. The molecule has 0 aromatic carbocycles. The second-order valence-electron chi connectivity index (χ2n) is 8.39. The summed E-state index contributed by atoms with van der Waals surface area (Å²) in [6.45, 7) is 12.0. The van der Waals surface area contributed by atoms with E-state index in [4.69, 9.17) is 4.74 Å². The van der Waals surface area contributed by atoms with Crippen LogP contribution < -0.4 is 0 Å². The number of morpholine rings is 1. The van der Waals surface area contributed by atoms with Crippen molar-refractivity contribution in [2.75, 3.05) is 39.4 Å². The van der Waals surface area contributed by atoms with Crippen molar-refractivity contribution in [3.8, 4) is 0 Å². The van der Waals surface area contributed by atoms with Gasteiger partial charge >= 0.3 is 0 Å². The zero-order valence-corrected chi connectivity index (χ0v) is 17.4. The number of piperidine rings is 1. The Morgan fingerprint density at radius 1 is 1.04 bits per heavy atom. The maximum atomic E-state index is 5.44. The van der Waals surface area contributed by atoms with E-state index in [1.807, 2.05) is 10.9 Å². The van der Waals surface area contributed by atoms with E-state index in [2.05, 4.69) is 56.8 Å². The maximum absolute atomic E-state index is 5.44. The Kier molecular flexibility index (Phi) is 6.08. The molecule has 8 nitrogen and oxygen atoms in total. The molecule has 0 amide bonds. The molecular weight excluding hydrogens is 354 g/mol. The third-order valence-electron chi connectivity index (χ3n) is 6.01. The van der Waals surface area contributed by atoms with E-state index in [1.54, 1.807) is 0 Å². The predicted molar refractivity (Wildman–Crippen MR) is 107 cm³/mol. The van der Waals surface area contributed by atoms with Crippen LogP contribution in [0.2, 0.25) is 0 Å². The molecule has 0 bridgehead atoms. The summed E-state index contributed by atoms with van der Waals surface area (Å²) >= 11 is 0. The first-order chi connectivity index (χ1) is 13.6. The van der Waals surface area contributed by atoms with Gasteiger partial charge in [-0.25, -0.2) is 0 Å². The van der Waals surface area contributed by atoms with Gasteiger partial charge in [0.1, 0.15) is 11.6 Å². The average molecular weight is 388 g/mol. The summed E-state index contributed by atoms with van der Waals surface area (Å²) in [5, 5.41) is 13.5. The molecule has 0 unspecified atom stereocenters. The summed E-state index contributed by atoms with van der Waals surface area (Å²) in [4.78, 5) is 4.93. The number of ether oxygens (including phenoxy) is 1. The van der Waals surface area contributed by atoms with Gasteiger partial charge in [0.2, 0.25) is 0 Å². The molecule has 2 aliphatic rings. The van der Waals surface area contributed by atoms with Gasteiger partial charge in [-0.05, 0) is 39.8 Å². The summed E-state index contributed by atoms with van der Waals surface area (Å²) in [5.74, 6) is 2.72. The van der Waals surface area contributed by atoms with E-state index in [-0.39, 0.29) is 0 Å². The first-order valence-electron chi connectivity index (χ1n) is 10.5. The van der Waals surface area contributed by atoms with Crippen LogP contribution >= 0.6 is 0 Å². The Balaban J connectivity index is 1.31. The Bertz CT molecular complexity index is 754. The van der Waals surface area contributed by atoms with Crippen LogP contribution in [-0.2, 0) is 24.9 Å². The number of hydrogen-bond donors (Lipinski definition) is 0. The minimum atomic E-state index is 0.419. The van der Waals surface area contributed by atoms with E-state index in [1.165, 1.54) is 5.56 Å². The minimum Gasteiger partial charge on any atom is -0.379 e. The van der Waals surface area contributed by atoms with Crippen molar-refractivity contribution in [3.05, 3.63) is 29.6 Å². The van der Waals surface area contributed by atoms with Crippen LogP contribution in [0.4, 0.5) is 0 Å². The van der Waals surface area contributed by atoms with Gasteiger partial charge in [-0.1, -0.05) is 0 Å². The zero-order chi connectivity index (χ0) is 19.5. The molecule has 28 heavy (non-hydrogen) atoms. The van der Waals surface area contributed by atoms with Crippen LogP contribution in [-0.4, -0.2) is 73.7 Å². The van der Waals surface area contributed by atoms with Gasteiger partial charge in [0, 0.05) is 50.4 Å². The van der Waals surface area contributed by atoms with Crippen LogP contribution in [0.1, 0.15) is 55.9 Å². The molecule has 0 saturated carbocycles. The normalized spacial score (nSPS) is 20.3. The highest BCUT2D eigenvalue weighted by Crippen LogP contribution is 2.27. The average Bonchev–Trinajstić information content (AvgIpc) is 3.31. The Labute approximate surface area is 167 Å². The standard InChI is InChI=1S/C20H33N7O/c1-16(2)27-14-17(12-21-27)13-25-6-4-18(5-7-25)20-23-22-19(24(20)3)15-26-8-10-28-11-9-26/h12,14,16,18H,4-11,13,15H2,1-3H3. The van der Waals surface area contributed by atoms with Gasteiger partial charge in [-0.15, -0.1) is 10.2 Å². The third kappa shape index (κ3) is 4.45. The van der Waals surface area contributed by atoms with E-state index in [0.29, 0.717) is 12.0 Å². The fourth-order valence-electron chi connectivity index (χ4n) is 4.18. The lowest BCUT2D eigenvalue weighted by Crippen LogP contribution is -2.36. The van der Waals surface area contributed by atoms with Gasteiger partial charge in [0.15, 0.2) is 0 Å². The van der Waals surface area contributed by atoms with Crippen LogP contribution in [0.15, 0.2) is 12.4 Å². The van der Waals surface area contributed by atoms with Crippen molar-refractivity contribution in [2.45, 2.75) is 51.7 Å². The molecule has 4 heterocycles. The summed E-state index contributed by atoms with van der Waals surface area (Å²) in [6, 6.07) is 0.419.